The van der Waals surface area contributed by atoms with Crippen LogP contribution in [0.15, 0.2) is 182 Å². The average Bonchev–Trinajstić information content (AvgIpc) is 3.91. The van der Waals surface area contributed by atoms with Crippen molar-refractivity contribution in [2.75, 3.05) is 0 Å². The fourth-order valence-electron chi connectivity index (χ4n) is 8.23. The molecule has 56 heavy (non-hydrogen) atoms. The first-order valence-electron chi connectivity index (χ1n) is 18.8. The van der Waals surface area contributed by atoms with Gasteiger partial charge in [0.2, 0.25) is 0 Å². The number of hydrogen-bond acceptors (Lipinski definition) is 2. The van der Waals surface area contributed by atoms with Crippen molar-refractivity contribution in [1.82, 2.24) is 0 Å². The summed E-state index contributed by atoms with van der Waals surface area (Å²) in [5.74, 6) is 15.1. The summed E-state index contributed by atoms with van der Waals surface area (Å²) >= 11 is 3.68. The minimum Gasteiger partial charge on any atom is -0.137 e. The van der Waals surface area contributed by atoms with Crippen molar-refractivity contribution in [3.63, 3.8) is 0 Å². The van der Waals surface area contributed by atoms with E-state index in [2.05, 4.69) is 218 Å². The predicted octanol–water partition coefficient (Wildman–Crippen LogP) is 13.2. The van der Waals surface area contributed by atoms with Crippen molar-refractivity contribution in [3.8, 4) is 33.4 Å². The number of rotatable bonds is 3. The van der Waals surface area contributed by atoms with Crippen LogP contribution < -0.4 is 0 Å². The van der Waals surface area contributed by atoms with Crippen LogP contribution in [-0.4, -0.2) is 0 Å². The lowest BCUT2D eigenvalue weighted by Crippen LogP contribution is -2.28. The van der Waals surface area contributed by atoms with Gasteiger partial charge in [-0.3, -0.25) is 0 Å². The van der Waals surface area contributed by atoms with Crippen LogP contribution in [0.1, 0.15) is 65.4 Å². The largest absolute Gasteiger partial charge is 0.137 e. The van der Waals surface area contributed by atoms with Crippen LogP contribution in [0, 0.1) is 23.7 Å². The third kappa shape index (κ3) is 5.71. The first-order valence-corrected chi connectivity index (χ1v) is 20.5. The van der Waals surface area contributed by atoms with Gasteiger partial charge in [-0.1, -0.05) is 181 Å². The van der Waals surface area contributed by atoms with Gasteiger partial charge < -0.3 is 0 Å². The normalized spacial score (nSPS) is 13.9. The Morgan fingerprint density at radius 1 is 0.304 bits per heavy atom. The monoisotopic (exact) mass is 746 g/mol. The van der Waals surface area contributed by atoms with Gasteiger partial charge in [0.25, 0.3) is 0 Å². The van der Waals surface area contributed by atoms with Gasteiger partial charge in [-0.05, 0) is 93.0 Å². The second-order valence-corrected chi connectivity index (χ2v) is 16.2. The van der Waals surface area contributed by atoms with Crippen LogP contribution in [0.2, 0.25) is 0 Å². The molecule has 0 saturated carbocycles. The highest BCUT2D eigenvalue weighted by Gasteiger charge is 2.42. The van der Waals surface area contributed by atoms with E-state index in [-0.39, 0.29) is 0 Å². The van der Waals surface area contributed by atoms with E-state index in [1.807, 2.05) is 34.8 Å². The Kier molecular flexibility index (Phi) is 8.58. The second kappa shape index (κ2) is 14.2. The zero-order valence-corrected chi connectivity index (χ0v) is 32.1. The fourth-order valence-corrected chi connectivity index (χ4v) is 10.7. The summed E-state index contributed by atoms with van der Waals surface area (Å²) in [5, 5.41) is 0. The third-order valence-electron chi connectivity index (χ3n) is 10.9. The van der Waals surface area contributed by atoms with Gasteiger partial charge in [0.05, 0.1) is 0 Å². The molecule has 0 N–H and O–H groups in total. The van der Waals surface area contributed by atoms with E-state index in [4.69, 9.17) is 0 Å². The summed E-state index contributed by atoms with van der Waals surface area (Å²) < 4.78 is 0. The van der Waals surface area contributed by atoms with Gasteiger partial charge >= 0.3 is 0 Å². The number of hydrogen-bond donors (Lipinski definition) is 0. The van der Waals surface area contributed by atoms with Gasteiger partial charge in [0.15, 0.2) is 0 Å². The molecule has 0 aliphatic heterocycles. The van der Waals surface area contributed by atoms with Crippen LogP contribution in [0.5, 0.6) is 0 Å². The molecule has 2 aliphatic rings. The molecule has 0 fully saturated rings. The van der Waals surface area contributed by atoms with Crippen LogP contribution in [0.3, 0.4) is 0 Å². The molecule has 0 atom stereocenters. The van der Waals surface area contributed by atoms with Gasteiger partial charge in [-0.15, -0.1) is 22.7 Å². The summed E-state index contributed by atoms with van der Waals surface area (Å²) in [6, 6.07) is 64.9. The van der Waals surface area contributed by atoms with E-state index in [0.29, 0.717) is 0 Å². The number of fused-ring (bicyclic) bond motifs is 4. The summed E-state index contributed by atoms with van der Waals surface area (Å²) in [4.78, 5) is 4.82. The minimum absolute atomic E-state index is 0.692. The maximum absolute atomic E-state index is 3.91. The van der Waals surface area contributed by atoms with E-state index in [1.165, 1.54) is 64.0 Å². The van der Waals surface area contributed by atoms with Crippen molar-refractivity contribution in [2.45, 2.75) is 10.8 Å². The van der Waals surface area contributed by atoms with Crippen molar-refractivity contribution in [3.05, 3.63) is 247 Å². The summed E-state index contributed by atoms with van der Waals surface area (Å²) in [6.07, 6.45) is 8.97. The van der Waals surface area contributed by atoms with Crippen LogP contribution in [0.25, 0.3) is 34.1 Å². The standard InChI is InChI=1S/C54H34S2/c1-3-15-39(16-4-1)35-37-53(45-23-11-7-19-41(45)27-28-42-20-8-12-24-46(42)53)51-33-31-49(55-51)50-32-34-52(56-50)54(38-36-40-17-5-2-6-18-40)47-25-13-9-21-43(47)29-30-44-22-10-14-26-48(44)54/h1-34H. The van der Waals surface area contributed by atoms with Gasteiger partial charge in [-0.2, -0.15) is 0 Å². The molecule has 0 amide bonds. The van der Waals surface area contributed by atoms with Crippen molar-refractivity contribution >= 4 is 47.0 Å². The van der Waals surface area contributed by atoms with E-state index in [0.717, 1.165) is 11.1 Å². The third-order valence-corrected chi connectivity index (χ3v) is 13.5. The Labute approximate surface area is 336 Å². The number of thiophene rings is 2. The first kappa shape index (κ1) is 33.9. The molecule has 0 spiro atoms. The highest BCUT2D eigenvalue weighted by atomic mass is 32.1. The van der Waals surface area contributed by atoms with E-state index in [1.54, 1.807) is 0 Å². The topological polar surface area (TPSA) is 0 Å². The molecule has 10 rings (SSSR count). The Morgan fingerprint density at radius 3 is 0.946 bits per heavy atom. The highest BCUT2D eigenvalue weighted by molar-refractivity contribution is 7.22. The minimum atomic E-state index is -0.692. The molecule has 2 heterocycles. The summed E-state index contributed by atoms with van der Waals surface area (Å²) in [6.45, 7) is 0. The quantitative estimate of drug-likeness (QED) is 0.158. The smallest absolute Gasteiger partial charge is 0.117 e. The average molecular weight is 747 g/mol. The molecule has 0 bridgehead atoms. The van der Waals surface area contributed by atoms with Crippen LogP contribution in [-0.2, 0) is 10.8 Å². The molecular formula is C54H34S2. The fraction of sp³-hybridized carbons (Fsp3) is 0.0370. The molecule has 0 saturated heterocycles. The molecule has 8 aromatic rings. The molecule has 0 radical (unpaired) electrons. The van der Waals surface area contributed by atoms with Gasteiger partial charge in [0, 0.05) is 30.6 Å². The molecule has 2 heteroatoms. The maximum Gasteiger partial charge on any atom is 0.117 e. The number of benzene rings is 6. The Morgan fingerprint density at radius 2 is 0.607 bits per heavy atom. The van der Waals surface area contributed by atoms with Gasteiger partial charge in [-0.25, -0.2) is 0 Å². The van der Waals surface area contributed by atoms with Gasteiger partial charge in [0.1, 0.15) is 10.8 Å². The Hall–Kier alpha value is -6.68. The van der Waals surface area contributed by atoms with Crippen molar-refractivity contribution in [2.24, 2.45) is 0 Å². The SMILES string of the molecule is C(#CC1(c2ccc(-c3ccc(C4(C#Cc5ccccc5)c5ccccc5C=Cc5ccccc54)s3)s2)c2ccccc2C=Cc2ccccc21)c1ccccc1. The van der Waals surface area contributed by atoms with Crippen LogP contribution >= 0.6 is 22.7 Å². The Balaban J connectivity index is 1.18. The second-order valence-electron chi connectivity index (χ2n) is 14.1. The molecule has 6 aromatic carbocycles. The lowest BCUT2D eigenvalue weighted by molar-refractivity contribution is 0.827. The lowest BCUT2D eigenvalue weighted by atomic mass is 9.71. The predicted molar refractivity (Wildman–Crippen MR) is 238 cm³/mol. The molecule has 2 aromatic heterocycles. The zero-order valence-electron chi connectivity index (χ0n) is 30.4. The molecule has 2 aliphatic carbocycles. The Bertz CT molecular complexity index is 2630. The van der Waals surface area contributed by atoms with E-state index >= 15 is 0 Å². The lowest BCUT2D eigenvalue weighted by Gasteiger charge is -2.31. The van der Waals surface area contributed by atoms with E-state index in [9.17, 15) is 0 Å². The summed E-state index contributed by atoms with van der Waals surface area (Å²) in [5.41, 5.74) is 10.1. The summed E-state index contributed by atoms with van der Waals surface area (Å²) in [7, 11) is 0. The van der Waals surface area contributed by atoms with E-state index < -0.39 is 10.8 Å². The first-order chi connectivity index (χ1) is 27.7. The molecule has 262 valence electrons. The molecular weight excluding hydrogens is 713 g/mol. The highest BCUT2D eigenvalue weighted by Crippen LogP contribution is 2.51. The zero-order chi connectivity index (χ0) is 37.4. The van der Waals surface area contributed by atoms with Crippen LogP contribution in [0.4, 0.5) is 0 Å². The molecule has 0 unspecified atom stereocenters. The van der Waals surface area contributed by atoms with Crippen molar-refractivity contribution < 1.29 is 0 Å². The molecule has 0 nitrogen and oxygen atoms in total. The van der Waals surface area contributed by atoms with Crippen molar-refractivity contribution in [1.29, 1.82) is 0 Å². The maximum atomic E-state index is 3.91.